The number of ether oxygens (including phenoxy) is 2. The summed E-state index contributed by atoms with van der Waals surface area (Å²) in [6.45, 7) is 0.107. The van der Waals surface area contributed by atoms with E-state index >= 15 is 0 Å². The number of rotatable bonds is 6. The van der Waals surface area contributed by atoms with E-state index < -0.39 is 5.60 Å². The summed E-state index contributed by atoms with van der Waals surface area (Å²) in [6, 6.07) is 7.12. The summed E-state index contributed by atoms with van der Waals surface area (Å²) >= 11 is 0. The van der Waals surface area contributed by atoms with Gasteiger partial charge in [-0.25, -0.2) is 4.98 Å². The molecular formula is C20H25N3O4. The van der Waals surface area contributed by atoms with E-state index in [9.17, 15) is 9.90 Å². The van der Waals surface area contributed by atoms with Gasteiger partial charge in [0, 0.05) is 20.3 Å². The molecule has 0 spiro atoms. The number of hydrogen-bond donors (Lipinski definition) is 2. The minimum atomic E-state index is -1.15. The summed E-state index contributed by atoms with van der Waals surface area (Å²) in [7, 11) is 6.81. The smallest absolute Gasteiger partial charge is 0.255 e. The Balaban J connectivity index is 1.81. The summed E-state index contributed by atoms with van der Waals surface area (Å²) in [5.41, 5.74) is 1.08. The summed E-state index contributed by atoms with van der Waals surface area (Å²) in [4.78, 5) is 18.7. The van der Waals surface area contributed by atoms with Gasteiger partial charge in [-0.1, -0.05) is 0 Å². The quantitative estimate of drug-likeness (QED) is 0.805. The van der Waals surface area contributed by atoms with Crippen molar-refractivity contribution in [3.05, 3.63) is 47.2 Å². The number of carbonyl (C=O) groups is 1. The zero-order valence-electron chi connectivity index (χ0n) is 16.1. The Labute approximate surface area is 158 Å². The highest BCUT2D eigenvalue weighted by molar-refractivity contribution is 5.98. The van der Waals surface area contributed by atoms with Gasteiger partial charge in [0.2, 0.25) is 0 Å². The Bertz CT molecular complexity index is 853. The van der Waals surface area contributed by atoms with Crippen LogP contribution >= 0.6 is 0 Å². The molecule has 7 nitrogen and oxygen atoms in total. The minimum Gasteiger partial charge on any atom is -0.493 e. The number of amides is 1. The predicted molar refractivity (Wildman–Crippen MR) is 103 cm³/mol. The second kappa shape index (κ2) is 7.44. The summed E-state index contributed by atoms with van der Waals surface area (Å²) in [6.07, 6.45) is 2.87. The van der Waals surface area contributed by atoms with E-state index in [1.54, 1.807) is 43.5 Å². The van der Waals surface area contributed by atoms with Crippen LogP contribution in [0.5, 0.6) is 11.5 Å². The van der Waals surface area contributed by atoms with Gasteiger partial charge >= 0.3 is 0 Å². The number of methoxy groups -OCH3 is 2. The normalized spacial score (nSPS) is 18.0. The number of aryl methyl sites for hydroxylation is 1. The molecule has 144 valence electrons. The summed E-state index contributed by atoms with van der Waals surface area (Å²) in [5, 5.41) is 14.0. The SMILES string of the molecule is COc1cc2c(cc1OC)C(O)(CNC(=O)c1cccnc1N(C)C)CC2. The van der Waals surface area contributed by atoms with Gasteiger partial charge in [-0.3, -0.25) is 4.79 Å². The summed E-state index contributed by atoms with van der Waals surface area (Å²) < 4.78 is 10.7. The van der Waals surface area contributed by atoms with Gasteiger partial charge in [-0.05, 0) is 48.2 Å². The number of pyridine rings is 1. The van der Waals surface area contributed by atoms with Gasteiger partial charge in [0.25, 0.3) is 5.91 Å². The lowest BCUT2D eigenvalue weighted by atomic mass is 9.95. The third kappa shape index (κ3) is 3.55. The van der Waals surface area contributed by atoms with E-state index in [1.807, 2.05) is 20.2 Å². The Morgan fingerprint density at radius 1 is 1.30 bits per heavy atom. The van der Waals surface area contributed by atoms with E-state index in [1.165, 1.54) is 0 Å². The highest BCUT2D eigenvalue weighted by Crippen LogP contribution is 2.42. The fourth-order valence-corrected chi connectivity index (χ4v) is 3.47. The van der Waals surface area contributed by atoms with E-state index in [0.717, 1.165) is 11.1 Å². The fraction of sp³-hybridized carbons (Fsp3) is 0.400. The molecule has 1 unspecified atom stereocenters. The van der Waals surface area contributed by atoms with Gasteiger partial charge in [-0.2, -0.15) is 0 Å². The van der Waals surface area contributed by atoms with Crippen LogP contribution in [0.15, 0.2) is 30.5 Å². The van der Waals surface area contributed by atoms with Gasteiger partial charge < -0.3 is 24.8 Å². The lowest BCUT2D eigenvalue weighted by Crippen LogP contribution is -2.39. The van der Waals surface area contributed by atoms with Crippen LogP contribution < -0.4 is 19.7 Å². The first-order valence-electron chi connectivity index (χ1n) is 8.78. The predicted octanol–water partition coefficient (Wildman–Crippen LogP) is 1.73. The van der Waals surface area contributed by atoms with Crippen LogP contribution in [-0.4, -0.2) is 50.9 Å². The number of carbonyl (C=O) groups excluding carboxylic acids is 1. The molecule has 1 aromatic carbocycles. The van der Waals surface area contributed by atoms with Crippen molar-refractivity contribution < 1.29 is 19.4 Å². The van der Waals surface area contributed by atoms with Crippen LogP contribution in [0.3, 0.4) is 0 Å². The third-order valence-electron chi connectivity index (χ3n) is 4.91. The van der Waals surface area contributed by atoms with Crippen molar-refractivity contribution in [2.45, 2.75) is 18.4 Å². The average molecular weight is 371 g/mol. The molecule has 2 N–H and O–H groups in total. The topological polar surface area (TPSA) is 83.9 Å². The molecule has 1 heterocycles. The molecule has 3 rings (SSSR count). The van der Waals surface area contributed by atoms with Crippen molar-refractivity contribution in [2.75, 3.05) is 39.8 Å². The van der Waals surface area contributed by atoms with Crippen molar-refractivity contribution in [3.8, 4) is 11.5 Å². The van der Waals surface area contributed by atoms with Crippen LogP contribution in [0.25, 0.3) is 0 Å². The standard InChI is InChI=1S/C20H25N3O4/c1-23(2)18-14(6-5-9-21-18)19(24)22-12-20(25)8-7-13-10-16(26-3)17(27-4)11-15(13)20/h5-6,9-11,25H,7-8,12H2,1-4H3,(H,22,24). The number of anilines is 1. The molecular weight excluding hydrogens is 346 g/mol. The highest BCUT2D eigenvalue weighted by Gasteiger charge is 2.38. The molecule has 1 aliphatic carbocycles. The number of aromatic nitrogens is 1. The number of benzene rings is 1. The second-order valence-corrected chi connectivity index (χ2v) is 6.85. The molecule has 0 bridgehead atoms. The zero-order chi connectivity index (χ0) is 19.6. The van der Waals surface area contributed by atoms with Crippen molar-refractivity contribution >= 4 is 11.7 Å². The maximum absolute atomic E-state index is 12.7. The highest BCUT2D eigenvalue weighted by atomic mass is 16.5. The molecule has 1 aromatic heterocycles. The number of fused-ring (bicyclic) bond motifs is 1. The minimum absolute atomic E-state index is 0.107. The lowest BCUT2D eigenvalue weighted by Gasteiger charge is -2.25. The molecule has 0 saturated heterocycles. The van der Waals surface area contributed by atoms with E-state index in [2.05, 4.69) is 10.3 Å². The maximum Gasteiger partial charge on any atom is 0.255 e. The summed E-state index contributed by atoms with van der Waals surface area (Å²) in [5.74, 6) is 1.51. The molecule has 2 aromatic rings. The number of aliphatic hydroxyl groups is 1. The van der Waals surface area contributed by atoms with Crippen LogP contribution in [-0.2, 0) is 12.0 Å². The van der Waals surface area contributed by atoms with Crippen LogP contribution in [0.4, 0.5) is 5.82 Å². The number of nitrogens with one attached hydrogen (secondary N) is 1. The molecule has 0 saturated carbocycles. The molecule has 27 heavy (non-hydrogen) atoms. The van der Waals surface area contributed by atoms with Crippen molar-refractivity contribution in [3.63, 3.8) is 0 Å². The van der Waals surface area contributed by atoms with E-state index in [-0.39, 0.29) is 12.5 Å². The Kier molecular flexibility index (Phi) is 5.23. The van der Waals surface area contributed by atoms with Crippen molar-refractivity contribution in [1.29, 1.82) is 0 Å². The van der Waals surface area contributed by atoms with Gasteiger partial charge in [0.1, 0.15) is 11.4 Å². The zero-order valence-corrected chi connectivity index (χ0v) is 16.1. The second-order valence-electron chi connectivity index (χ2n) is 6.85. The first kappa shape index (κ1) is 19.0. The monoisotopic (exact) mass is 371 g/mol. The molecule has 1 atom stereocenters. The van der Waals surface area contributed by atoms with Crippen LogP contribution in [0.1, 0.15) is 27.9 Å². The van der Waals surface area contributed by atoms with E-state index in [4.69, 9.17) is 9.47 Å². The largest absolute Gasteiger partial charge is 0.493 e. The van der Waals surface area contributed by atoms with Crippen LogP contribution in [0, 0.1) is 0 Å². The molecule has 0 radical (unpaired) electrons. The molecule has 1 amide bonds. The maximum atomic E-state index is 12.7. The van der Waals surface area contributed by atoms with Gasteiger partial charge in [-0.15, -0.1) is 0 Å². The van der Waals surface area contributed by atoms with Gasteiger partial charge in [0.15, 0.2) is 11.5 Å². The first-order chi connectivity index (χ1) is 12.9. The van der Waals surface area contributed by atoms with E-state index in [0.29, 0.717) is 35.7 Å². The lowest BCUT2D eigenvalue weighted by molar-refractivity contribution is 0.0368. The van der Waals surface area contributed by atoms with Crippen LogP contribution in [0.2, 0.25) is 0 Å². The Hall–Kier alpha value is -2.80. The molecule has 7 heteroatoms. The Morgan fingerprint density at radius 2 is 2.00 bits per heavy atom. The number of hydrogen-bond acceptors (Lipinski definition) is 6. The first-order valence-corrected chi connectivity index (χ1v) is 8.78. The fourth-order valence-electron chi connectivity index (χ4n) is 3.47. The third-order valence-corrected chi connectivity index (χ3v) is 4.91. The Morgan fingerprint density at radius 3 is 2.67 bits per heavy atom. The molecule has 0 aliphatic heterocycles. The van der Waals surface area contributed by atoms with Gasteiger partial charge in [0.05, 0.1) is 26.3 Å². The van der Waals surface area contributed by atoms with Crippen molar-refractivity contribution in [1.82, 2.24) is 10.3 Å². The molecule has 1 aliphatic rings. The molecule has 0 fully saturated rings. The van der Waals surface area contributed by atoms with Crippen molar-refractivity contribution in [2.24, 2.45) is 0 Å². The average Bonchev–Trinajstić information content (AvgIpc) is 3.01. The number of nitrogens with zero attached hydrogens (tertiary/aromatic N) is 2.